The van der Waals surface area contributed by atoms with Gasteiger partial charge in [-0.1, -0.05) is 57.0 Å². The van der Waals surface area contributed by atoms with Crippen molar-refractivity contribution in [2.75, 3.05) is 6.54 Å². The molecule has 3 aromatic rings. The summed E-state index contributed by atoms with van der Waals surface area (Å²) in [6, 6.07) is 19.5. The monoisotopic (exact) mass is 474 g/mol. The summed E-state index contributed by atoms with van der Waals surface area (Å²) in [5, 5.41) is 11.3. The van der Waals surface area contributed by atoms with Crippen LogP contribution in [0.4, 0.5) is 0 Å². The number of unbranched alkanes of at least 4 members (excludes halogenated alkanes) is 2. The number of ether oxygens (including phenoxy) is 1. The molecule has 0 aliphatic carbocycles. The van der Waals surface area contributed by atoms with Crippen LogP contribution in [0.25, 0.3) is 11.3 Å². The van der Waals surface area contributed by atoms with Crippen LogP contribution >= 0.6 is 0 Å². The summed E-state index contributed by atoms with van der Waals surface area (Å²) < 4.78 is 6.32. The number of nitrogens with one attached hydrogen (secondary N) is 1. The van der Waals surface area contributed by atoms with Gasteiger partial charge < -0.3 is 15.2 Å². The first-order valence-electron chi connectivity index (χ1n) is 12.3. The Labute approximate surface area is 207 Å². The van der Waals surface area contributed by atoms with Crippen molar-refractivity contribution in [2.24, 2.45) is 0 Å². The normalized spacial score (nSPS) is 11.6. The summed E-state index contributed by atoms with van der Waals surface area (Å²) in [4.78, 5) is 27.5. The average Bonchev–Trinajstić information content (AvgIpc) is 2.88. The van der Waals surface area contributed by atoms with Crippen LogP contribution in [0.15, 0.2) is 66.9 Å². The summed E-state index contributed by atoms with van der Waals surface area (Å²) in [5.41, 5.74) is 4.81. The summed E-state index contributed by atoms with van der Waals surface area (Å²) in [7, 11) is 0. The molecule has 3 rings (SSSR count). The number of aromatic nitrogens is 1. The Balaban J connectivity index is 1.69. The van der Waals surface area contributed by atoms with Crippen molar-refractivity contribution >= 4 is 11.9 Å². The molecular weight excluding hydrogens is 440 g/mol. The Morgan fingerprint density at radius 2 is 1.71 bits per heavy atom. The second-order valence-electron chi connectivity index (χ2n) is 8.55. The average molecular weight is 475 g/mol. The molecule has 0 unspecified atom stereocenters. The Morgan fingerprint density at radius 3 is 2.31 bits per heavy atom. The number of carboxylic acid groups (broad SMARTS) is 1. The van der Waals surface area contributed by atoms with Gasteiger partial charge in [-0.05, 0) is 55.2 Å². The first-order valence-corrected chi connectivity index (χ1v) is 12.3. The maximum absolute atomic E-state index is 12.2. The van der Waals surface area contributed by atoms with Crippen molar-refractivity contribution in [1.82, 2.24) is 10.3 Å². The first-order chi connectivity index (χ1) is 17.0. The lowest BCUT2D eigenvalue weighted by Gasteiger charge is -2.20. The lowest BCUT2D eigenvalue weighted by atomic mass is 10.0. The van der Waals surface area contributed by atoms with Crippen LogP contribution in [0, 0.1) is 0 Å². The number of carboxylic acids is 1. The van der Waals surface area contributed by atoms with Crippen LogP contribution in [0.1, 0.15) is 73.5 Å². The minimum absolute atomic E-state index is 0.0949. The largest absolute Gasteiger partial charge is 0.486 e. The second-order valence-corrected chi connectivity index (χ2v) is 8.55. The van der Waals surface area contributed by atoms with Crippen molar-refractivity contribution in [2.45, 2.75) is 58.5 Å². The van der Waals surface area contributed by atoms with Gasteiger partial charge in [0.05, 0.1) is 12.1 Å². The van der Waals surface area contributed by atoms with Gasteiger partial charge in [-0.15, -0.1) is 0 Å². The van der Waals surface area contributed by atoms with Gasteiger partial charge in [0, 0.05) is 29.4 Å². The summed E-state index contributed by atoms with van der Waals surface area (Å²) in [5.74, 6) is -0.572. The number of amides is 1. The van der Waals surface area contributed by atoms with E-state index >= 15 is 0 Å². The molecule has 0 aliphatic heterocycles. The summed E-state index contributed by atoms with van der Waals surface area (Å²) in [6.45, 7) is 4.42. The van der Waals surface area contributed by atoms with E-state index in [0.717, 1.165) is 48.9 Å². The molecular formula is C29H34N2O4. The highest BCUT2D eigenvalue weighted by molar-refractivity contribution is 5.94. The molecule has 1 atom stereocenters. The van der Waals surface area contributed by atoms with Gasteiger partial charge in [0.25, 0.3) is 5.91 Å². The smallest absolute Gasteiger partial charge is 0.305 e. The third-order valence-corrected chi connectivity index (χ3v) is 5.91. The van der Waals surface area contributed by atoms with E-state index in [9.17, 15) is 9.59 Å². The van der Waals surface area contributed by atoms with Crippen LogP contribution in [0.5, 0.6) is 5.75 Å². The first kappa shape index (κ1) is 25.9. The fourth-order valence-corrected chi connectivity index (χ4v) is 3.79. The van der Waals surface area contributed by atoms with Crippen molar-refractivity contribution in [1.29, 1.82) is 0 Å². The zero-order valence-electron chi connectivity index (χ0n) is 20.5. The molecule has 0 saturated heterocycles. The molecule has 6 nitrogen and oxygen atoms in total. The number of hydrogen-bond donors (Lipinski definition) is 2. The zero-order chi connectivity index (χ0) is 25.0. The molecule has 184 valence electrons. The highest BCUT2D eigenvalue weighted by atomic mass is 16.5. The molecule has 0 fully saturated rings. The van der Waals surface area contributed by atoms with Crippen molar-refractivity contribution in [3.63, 3.8) is 0 Å². The van der Waals surface area contributed by atoms with E-state index in [4.69, 9.17) is 14.8 Å². The molecule has 1 aromatic heterocycles. The minimum atomic E-state index is -0.944. The van der Waals surface area contributed by atoms with E-state index < -0.39 is 5.97 Å². The van der Waals surface area contributed by atoms with E-state index in [1.165, 1.54) is 5.56 Å². The number of pyridine rings is 1. The third kappa shape index (κ3) is 7.95. The van der Waals surface area contributed by atoms with Gasteiger partial charge in [0.1, 0.15) is 11.9 Å². The predicted octanol–water partition coefficient (Wildman–Crippen LogP) is 6.22. The van der Waals surface area contributed by atoms with Crippen molar-refractivity contribution in [3.8, 4) is 17.0 Å². The highest BCUT2D eigenvalue weighted by Crippen LogP contribution is 2.28. The van der Waals surface area contributed by atoms with Gasteiger partial charge in [-0.3, -0.25) is 14.6 Å². The number of carbonyl (C=O) groups is 2. The quantitative estimate of drug-likeness (QED) is 0.287. The minimum Gasteiger partial charge on any atom is -0.486 e. The van der Waals surface area contributed by atoms with Gasteiger partial charge in [0.15, 0.2) is 0 Å². The molecule has 0 saturated carbocycles. The van der Waals surface area contributed by atoms with E-state index in [0.29, 0.717) is 11.3 Å². The molecule has 2 aromatic carbocycles. The van der Waals surface area contributed by atoms with Crippen LogP contribution in [-0.2, 0) is 11.2 Å². The second kappa shape index (κ2) is 13.3. The maximum Gasteiger partial charge on any atom is 0.305 e. The van der Waals surface area contributed by atoms with Gasteiger partial charge >= 0.3 is 5.97 Å². The fourth-order valence-electron chi connectivity index (χ4n) is 3.79. The van der Waals surface area contributed by atoms with Crippen molar-refractivity contribution < 1.29 is 19.4 Å². The molecule has 0 radical (unpaired) electrons. The number of rotatable bonds is 13. The lowest BCUT2D eigenvalue weighted by Crippen LogP contribution is -2.25. The molecule has 35 heavy (non-hydrogen) atoms. The lowest BCUT2D eigenvalue weighted by molar-refractivity contribution is -0.136. The standard InChI is InChI=1S/C29H34N2O4/c1-3-5-6-7-27(24-14-17-26(31-20-24)22-10-8-21(4-2)9-11-22)35-25-15-12-23(13-16-25)29(34)30-19-18-28(32)33/h8-17,20,27H,3-7,18-19H2,1-2H3,(H,30,34)(H,32,33)/t27-/m1/s1. The number of nitrogens with zero attached hydrogens (tertiary/aromatic N) is 1. The maximum atomic E-state index is 12.2. The van der Waals surface area contributed by atoms with Crippen molar-refractivity contribution in [3.05, 3.63) is 83.6 Å². The van der Waals surface area contributed by atoms with Gasteiger partial charge in [-0.2, -0.15) is 0 Å². The number of hydrogen-bond acceptors (Lipinski definition) is 4. The van der Waals surface area contributed by atoms with E-state index in [-0.39, 0.29) is 25.0 Å². The predicted molar refractivity (Wildman–Crippen MR) is 138 cm³/mol. The molecule has 2 N–H and O–H groups in total. The van der Waals surface area contributed by atoms with Gasteiger partial charge in [0.2, 0.25) is 0 Å². The van der Waals surface area contributed by atoms with Crippen LogP contribution in [0.2, 0.25) is 0 Å². The number of aryl methyl sites for hydroxylation is 1. The molecule has 0 bridgehead atoms. The Kier molecular flexibility index (Phi) is 9.84. The molecule has 1 heterocycles. The van der Waals surface area contributed by atoms with E-state index in [1.54, 1.807) is 24.3 Å². The number of benzene rings is 2. The number of carbonyl (C=O) groups excluding carboxylic acids is 1. The number of aliphatic carboxylic acids is 1. The zero-order valence-corrected chi connectivity index (χ0v) is 20.5. The van der Waals surface area contributed by atoms with Crippen LogP contribution < -0.4 is 10.1 Å². The Morgan fingerprint density at radius 1 is 0.971 bits per heavy atom. The fraction of sp³-hybridized carbons (Fsp3) is 0.345. The highest BCUT2D eigenvalue weighted by Gasteiger charge is 2.15. The van der Waals surface area contributed by atoms with E-state index in [1.807, 2.05) is 12.3 Å². The van der Waals surface area contributed by atoms with Crippen LogP contribution in [0.3, 0.4) is 0 Å². The molecule has 6 heteroatoms. The molecule has 1 amide bonds. The topological polar surface area (TPSA) is 88.5 Å². The molecule has 0 aliphatic rings. The van der Waals surface area contributed by atoms with E-state index in [2.05, 4.69) is 49.5 Å². The SMILES string of the molecule is CCCCC[C@@H](Oc1ccc(C(=O)NCCC(=O)O)cc1)c1ccc(-c2ccc(CC)cc2)nc1. The summed E-state index contributed by atoms with van der Waals surface area (Å²) in [6.07, 6.45) is 6.84. The molecule has 0 spiro atoms. The third-order valence-electron chi connectivity index (χ3n) is 5.91. The Hall–Kier alpha value is -3.67. The summed E-state index contributed by atoms with van der Waals surface area (Å²) >= 11 is 0. The van der Waals surface area contributed by atoms with Crippen LogP contribution in [-0.4, -0.2) is 28.5 Å². The van der Waals surface area contributed by atoms with Gasteiger partial charge in [-0.25, -0.2) is 0 Å². The Bertz CT molecular complexity index is 1080.